The first-order valence-electron chi connectivity index (χ1n) is 20.1. The number of carbonyl (C=O) groups is 2. The lowest BCUT2D eigenvalue weighted by atomic mass is 10.1. The van der Waals surface area contributed by atoms with Crippen molar-refractivity contribution >= 4 is 19.8 Å². The van der Waals surface area contributed by atoms with Gasteiger partial charge in [0.2, 0.25) is 0 Å². The third kappa shape index (κ3) is 37.5. The number of hydrogen-bond acceptors (Lipinski definition) is 9. The normalized spacial score (nSPS) is 14.8. The highest BCUT2D eigenvalue weighted by Crippen LogP contribution is 2.43. The highest BCUT2D eigenvalue weighted by atomic mass is 31.2. The van der Waals surface area contributed by atoms with E-state index in [0.29, 0.717) is 12.8 Å². The molecule has 308 valence electrons. The van der Waals surface area contributed by atoms with Crippen molar-refractivity contribution in [1.82, 2.24) is 0 Å². The summed E-state index contributed by atoms with van der Waals surface area (Å²) >= 11 is 0. The van der Waals surface area contributed by atoms with Crippen LogP contribution in [0, 0.1) is 0 Å². The molecule has 0 aromatic rings. The van der Waals surface area contributed by atoms with E-state index in [-0.39, 0.29) is 19.4 Å². The molecule has 54 heavy (non-hydrogen) atoms. The van der Waals surface area contributed by atoms with E-state index < -0.39 is 51.8 Å². The van der Waals surface area contributed by atoms with Crippen molar-refractivity contribution in [2.75, 3.05) is 26.4 Å². The second kappa shape index (κ2) is 38.4. The Morgan fingerprint density at radius 1 is 0.574 bits per heavy atom. The first-order valence-corrected chi connectivity index (χ1v) is 21.6. The first-order chi connectivity index (χ1) is 26.2. The number of phosphoric acid groups is 1. The van der Waals surface area contributed by atoms with Crippen LogP contribution in [-0.2, 0) is 32.7 Å². The smallest absolute Gasteiger partial charge is 0.462 e. The van der Waals surface area contributed by atoms with Gasteiger partial charge in [-0.1, -0.05) is 150 Å². The van der Waals surface area contributed by atoms with E-state index in [4.69, 9.17) is 19.1 Å². The second-order valence-corrected chi connectivity index (χ2v) is 14.5. The van der Waals surface area contributed by atoms with Crippen LogP contribution < -0.4 is 0 Å². The SMILES string of the molecule is CC/C=C/C=C/C=C/CCCCCCCC(=O)OC(COC(=O)CCCCCCC/C=C/C=C/C=C/C=C/CCCCC)COP(=O)(O)OC[C@H](O)CO. The summed E-state index contributed by atoms with van der Waals surface area (Å²) in [6, 6.07) is 0. The van der Waals surface area contributed by atoms with Crippen LogP contribution >= 0.6 is 7.82 Å². The number of carbonyl (C=O) groups excluding carboxylic acids is 2. The minimum absolute atomic E-state index is 0.150. The molecule has 0 aromatic carbocycles. The van der Waals surface area contributed by atoms with Crippen molar-refractivity contribution < 1.29 is 47.8 Å². The standard InChI is InChI=1S/C43H71O10P/c1-3-5-7-9-11-13-15-17-18-19-20-21-23-24-26-28-30-32-34-42(46)50-38-41(39-52-54(48,49)51-37-40(45)36-44)53-43(47)35-33-31-29-27-25-22-16-14-12-10-8-6-4-2/h6,8,10-21,40-41,44-45H,3-5,7,9,22-39H2,1-2H3,(H,48,49)/b8-6+,12-10+,13-11+,16-14+,17-15+,19-18+,21-20+/t40-,41?/m1/s1. The van der Waals surface area contributed by atoms with Gasteiger partial charge in [-0.25, -0.2) is 4.57 Å². The van der Waals surface area contributed by atoms with Crippen LogP contribution in [-0.4, -0.2) is 65.7 Å². The van der Waals surface area contributed by atoms with Gasteiger partial charge >= 0.3 is 19.8 Å². The molecule has 0 aliphatic carbocycles. The van der Waals surface area contributed by atoms with E-state index in [1.807, 2.05) is 48.6 Å². The van der Waals surface area contributed by atoms with Crippen LogP contribution in [0.1, 0.15) is 136 Å². The summed E-state index contributed by atoms with van der Waals surface area (Å²) in [5.74, 6) is -0.986. The zero-order valence-corrected chi connectivity index (χ0v) is 34.0. The third-order valence-corrected chi connectivity index (χ3v) is 8.89. The zero-order valence-electron chi connectivity index (χ0n) is 33.1. The summed E-state index contributed by atoms with van der Waals surface area (Å²) in [7, 11) is -4.63. The Balaban J connectivity index is 4.43. The lowest BCUT2D eigenvalue weighted by Crippen LogP contribution is -2.29. The minimum atomic E-state index is -4.63. The molecule has 10 nitrogen and oxygen atoms in total. The summed E-state index contributed by atoms with van der Waals surface area (Å²) in [6.07, 6.45) is 44.0. The number of hydrogen-bond donors (Lipinski definition) is 3. The van der Waals surface area contributed by atoms with Crippen molar-refractivity contribution in [2.45, 2.75) is 148 Å². The van der Waals surface area contributed by atoms with Gasteiger partial charge in [-0.05, 0) is 57.8 Å². The highest BCUT2D eigenvalue weighted by Gasteiger charge is 2.27. The quantitative estimate of drug-likeness (QED) is 0.0243. The highest BCUT2D eigenvalue weighted by molar-refractivity contribution is 7.47. The largest absolute Gasteiger partial charge is 0.472 e. The zero-order chi connectivity index (χ0) is 39.8. The molecule has 2 unspecified atom stereocenters. The monoisotopic (exact) mass is 778 g/mol. The fourth-order valence-corrected chi connectivity index (χ4v) is 5.62. The topological polar surface area (TPSA) is 149 Å². The van der Waals surface area contributed by atoms with Gasteiger partial charge in [0.05, 0.1) is 19.8 Å². The van der Waals surface area contributed by atoms with E-state index >= 15 is 0 Å². The molecule has 0 bridgehead atoms. The van der Waals surface area contributed by atoms with Gasteiger partial charge in [0.15, 0.2) is 6.10 Å². The van der Waals surface area contributed by atoms with Gasteiger partial charge in [-0.15, -0.1) is 0 Å². The van der Waals surface area contributed by atoms with E-state index in [2.05, 4.69) is 54.8 Å². The van der Waals surface area contributed by atoms with Crippen LogP contribution in [0.5, 0.6) is 0 Å². The number of unbranched alkanes of at least 4 members (excludes halogenated alkanes) is 13. The van der Waals surface area contributed by atoms with Crippen molar-refractivity contribution in [3.05, 3.63) is 85.1 Å². The summed E-state index contributed by atoms with van der Waals surface area (Å²) < 4.78 is 32.6. The van der Waals surface area contributed by atoms with E-state index in [1.165, 1.54) is 19.3 Å². The first kappa shape index (κ1) is 51.1. The molecule has 0 saturated carbocycles. The summed E-state index contributed by atoms with van der Waals surface area (Å²) in [5.41, 5.74) is 0. The number of esters is 2. The molecule has 0 fully saturated rings. The van der Waals surface area contributed by atoms with Crippen LogP contribution in [0.4, 0.5) is 0 Å². The number of aliphatic hydroxyl groups excluding tert-OH is 2. The van der Waals surface area contributed by atoms with E-state index in [1.54, 1.807) is 0 Å². The van der Waals surface area contributed by atoms with Gasteiger partial charge in [-0.2, -0.15) is 0 Å². The Bertz CT molecular complexity index is 1170. The molecular weight excluding hydrogens is 707 g/mol. The molecule has 3 N–H and O–H groups in total. The summed E-state index contributed by atoms with van der Waals surface area (Å²) in [4.78, 5) is 34.9. The van der Waals surface area contributed by atoms with Gasteiger partial charge in [0.25, 0.3) is 0 Å². The predicted octanol–water partition coefficient (Wildman–Crippen LogP) is 10.3. The molecule has 0 spiro atoms. The van der Waals surface area contributed by atoms with Crippen molar-refractivity contribution in [3.8, 4) is 0 Å². The molecule has 3 atom stereocenters. The van der Waals surface area contributed by atoms with Crippen LogP contribution in [0.3, 0.4) is 0 Å². The molecule has 0 rings (SSSR count). The van der Waals surface area contributed by atoms with E-state index in [9.17, 15) is 24.2 Å². The molecule has 0 aliphatic heterocycles. The predicted molar refractivity (Wildman–Crippen MR) is 219 cm³/mol. The van der Waals surface area contributed by atoms with E-state index in [0.717, 1.165) is 77.0 Å². The molecule has 0 amide bonds. The molecule has 0 aliphatic rings. The number of ether oxygens (including phenoxy) is 2. The van der Waals surface area contributed by atoms with Crippen molar-refractivity contribution in [1.29, 1.82) is 0 Å². The molecular formula is C43H71O10P. The molecule has 11 heteroatoms. The Morgan fingerprint density at radius 3 is 1.54 bits per heavy atom. The van der Waals surface area contributed by atoms with Crippen molar-refractivity contribution in [2.24, 2.45) is 0 Å². The van der Waals surface area contributed by atoms with Gasteiger partial charge in [0.1, 0.15) is 12.7 Å². The maximum Gasteiger partial charge on any atom is 0.472 e. The third-order valence-electron chi connectivity index (χ3n) is 7.94. The lowest BCUT2D eigenvalue weighted by Gasteiger charge is -2.20. The fourth-order valence-electron chi connectivity index (χ4n) is 4.83. The second-order valence-electron chi connectivity index (χ2n) is 13.1. The average Bonchev–Trinajstić information content (AvgIpc) is 3.16. The van der Waals surface area contributed by atoms with Crippen LogP contribution in [0.25, 0.3) is 0 Å². The Hall–Kier alpha value is -2.85. The number of phosphoric ester groups is 1. The number of aliphatic hydroxyl groups is 2. The number of rotatable bonds is 36. The van der Waals surface area contributed by atoms with Crippen molar-refractivity contribution in [3.63, 3.8) is 0 Å². The molecule has 0 radical (unpaired) electrons. The Kier molecular flexibility index (Phi) is 36.4. The summed E-state index contributed by atoms with van der Waals surface area (Å²) in [5, 5.41) is 18.3. The van der Waals surface area contributed by atoms with Crippen LogP contribution in [0.15, 0.2) is 85.1 Å². The fraction of sp³-hybridized carbons (Fsp3) is 0.628. The summed E-state index contributed by atoms with van der Waals surface area (Å²) in [6.45, 7) is 2.12. The molecule has 0 heterocycles. The number of allylic oxidation sites excluding steroid dienone is 14. The minimum Gasteiger partial charge on any atom is -0.462 e. The molecule has 0 aromatic heterocycles. The Morgan fingerprint density at radius 2 is 1.02 bits per heavy atom. The van der Waals surface area contributed by atoms with Gasteiger partial charge < -0.3 is 24.6 Å². The lowest BCUT2D eigenvalue weighted by molar-refractivity contribution is -0.161. The molecule has 0 saturated heterocycles. The maximum absolute atomic E-state index is 12.6. The van der Waals surface area contributed by atoms with Gasteiger partial charge in [-0.3, -0.25) is 18.6 Å². The Labute approximate surface area is 326 Å². The van der Waals surface area contributed by atoms with Gasteiger partial charge in [0, 0.05) is 12.8 Å². The maximum atomic E-state index is 12.6. The van der Waals surface area contributed by atoms with Crippen LogP contribution in [0.2, 0.25) is 0 Å². The average molecular weight is 779 g/mol.